The van der Waals surface area contributed by atoms with Crippen molar-refractivity contribution < 1.29 is 13.5 Å². The molecular weight excluding hydrogens is 396 g/mol. The van der Waals surface area contributed by atoms with E-state index in [9.17, 15) is 8.78 Å². The first-order valence-corrected chi connectivity index (χ1v) is 9.35. The predicted octanol–water partition coefficient (Wildman–Crippen LogP) is 1.60. The third-order valence-corrected chi connectivity index (χ3v) is 4.70. The molecule has 0 aromatic carbocycles. The van der Waals surface area contributed by atoms with Crippen LogP contribution in [0.15, 0.2) is 24.8 Å². The van der Waals surface area contributed by atoms with Crippen LogP contribution in [-0.2, 0) is 11.8 Å². The summed E-state index contributed by atoms with van der Waals surface area (Å²) in [6.07, 6.45) is 4.29. The first-order valence-electron chi connectivity index (χ1n) is 9.35. The first kappa shape index (κ1) is 19.9. The van der Waals surface area contributed by atoms with Gasteiger partial charge in [-0.25, -0.2) is 13.8 Å². The van der Waals surface area contributed by atoms with Gasteiger partial charge in [0.15, 0.2) is 5.82 Å². The van der Waals surface area contributed by atoms with Crippen molar-refractivity contribution in [1.29, 1.82) is 0 Å². The average molecular weight is 417 g/mol. The van der Waals surface area contributed by atoms with E-state index in [1.807, 2.05) is 4.90 Å². The van der Waals surface area contributed by atoms with Gasteiger partial charge in [0.2, 0.25) is 17.8 Å². The van der Waals surface area contributed by atoms with Crippen LogP contribution in [0.2, 0.25) is 0 Å². The molecule has 0 amide bonds. The molecule has 10 nitrogen and oxygen atoms in total. The molecule has 0 unspecified atom stereocenters. The van der Waals surface area contributed by atoms with Crippen molar-refractivity contribution >= 4 is 23.7 Å². The molecule has 158 valence electrons. The van der Waals surface area contributed by atoms with Gasteiger partial charge in [-0.05, 0) is 6.92 Å². The number of ether oxygens (including phenoxy) is 1. The van der Waals surface area contributed by atoms with Gasteiger partial charge in [-0.15, -0.1) is 0 Å². The number of nitrogens with two attached hydrogens (primary N) is 1. The molecule has 0 radical (unpaired) electrons. The second-order valence-corrected chi connectivity index (χ2v) is 6.86. The van der Waals surface area contributed by atoms with E-state index in [4.69, 9.17) is 10.5 Å². The van der Waals surface area contributed by atoms with Crippen molar-refractivity contribution in [1.82, 2.24) is 29.5 Å². The van der Waals surface area contributed by atoms with Crippen LogP contribution in [0.4, 0.5) is 32.4 Å². The van der Waals surface area contributed by atoms with Crippen molar-refractivity contribution in [3.05, 3.63) is 42.1 Å². The number of rotatable bonds is 5. The van der Waals surface area contributed by atoms with Crippen LogP contribution < -0.4 is 15.5 Å². The fourth-order valence-corrected chi connectivity index (χ4v) is 3.23. The number of halogens is 2. The second-order valence-electron chi connectivity index (χ2n) is 6.86. The van der Waals surface area contributed by atoms with E-state index in [-0.39, 0.29) is 17.6 Å². The van der Waals surface area contributed by atoms with Gasteiger partial charge in [-0.2, -0.15) is 15.0 Å². The van der Waals surface area contributed by atoms with E-state index in [0.717, 1.165) is 12.3 Å². The topological polar surface area (TPSA) is 111 Å². The number of nitrogen functional groups attached to an aromatic ring is 1. The molecule has 4 rings (SSSR count). The van der Waals surface area contributed by atoms with Gasteiger partial charge in [-0.3, -0.25) is 9.88 Å². The van der Waals surface area contributed by atoms with E-state index < -0.39 is 17.7 Å². The summed E-state index contributed by atoms with van der Waals surface area (Å²) >= 11 is 0. The Balaban J connectivity index is 1.79. The Morgan fingerprint density at radius 3 is 2.60 bits per heavy atom. The highest BCUT2D eigenvalue weighted by molar-refractivity contribution is 5.56. The molecule has 0 bridgehead atoms. The van der Waals surface area contributed by atoms with Gasteiger partial charge in [0.25, 0.3) is 0 Å². The zero-order valence-electron chi connectivity index (χ0n) is 16.5. The van der Waals surface area contributed by atoms with Crippen LogP contribution in [0, 0.1) is 11.6 Å². The van der Waals surface area contributed by atoms with Crippen molar-refractivity contribution in [2.24, 2.45) is 7.05 Å². The van der Waals surface area contributed by atoms with Crippen molar-refractivity contribution in [3.63, 3.8) is 0 Å². The van der Waals surface area contributed by atoms with Crippen LogP contribution in [0.5, 0.6) is 0 Å². The molecule has 0 spiro atoms. The number of hydrogen-bond acceptors (Lipinski definition) is 9. The quantitative estimate of drug-likeness (QED) is 0.661. The lowest BCUT2D eigenvalue weighted by Gasteiger charge is -2.30. The summed E-state index contributed by atoms with van der Waals surface area (Å²) in [5, 5.41) is 0. The normalized spacial score (nSPS) is 15.3. The fourth-order valence-electron chi connectivity index (χ4n) is 3.23. The summed E-state index contributed by atoms with van der Waals surface area (Å²) in [6, 6.07) is 0.0796. The maximum absolute atomic E-state index is 14.5. The molecule has 1 aliphatic rings. The highest BCUT2D eigenvalue weighted by atomic mass is 19.1. The molecule has 30 heavy (non-hydrogen) atoms. The smallest absolute Gasteiger partial charge is 0.238 e. The first-order chi connectivity index (χ1) is 14.4. The third kappa shape index (κ3) is 3.99. The molecule has 2 N–H and O–H groups in total. The monoisotopic (exact) mass is 417 g/mol. The predicted molar refractivity (Wildman–Crippen MR) is 105 cm³/mol. The molecule has 12 heteroatoms. The summed E-state index contributed by atoms with van der Waals surface area (Å²) in [6.45, 7) is 4.01. The van der Waals surface area contributed by atoms with Gasteiger partial charge in [0.05, 0.1) is 37.5 Å². The highest BCUT2D eigenvalue weighted by Crippen LogP contribution is 2.33. The Morgan fingerprint density at radius 2 is 1.93 bits per heavy atom. The number of morpholine rings is 1. The Kier molecular flexibility index (Phi) is 5.40. The van der Waals surface area contributed by atoms with E-state index in [1.165, 1.54) is 0 Å². The fraction of sp³-hybridized carbons (Fsp3) is 0.389. The standard InChI is InChI=1S/C18H21F2N9O/c1-11(15-13(20)7-12(19)8-22-15)29(14-9-27(2)10-23-14)18-25-16(21)24-17(26-18)28-3-5-30-6-4-28/h7-11H,3-6H2,1-2H3,(H2,21,24,25,26)/t11-/m0/s1. The van der Waals surface area contributed by atoms with E-state index >= 15 is 0 Å². The minimum atomic E-state index is -0.779. The summed E-state index contributed by atoms with van der Waals surface area (Å²) in [5.41, 5.74) is 5.99. The zero-order valence-corrected chi connectivity index (χ0v) is 16.5. The number of pyridine rings is 1. The molecule has 1 aliphatic heterocycles. The van der Waals surface area contributed by atoms with Crippen LogP contribution in [0.3, 0.4) is 0 Å². The number of nitrogens with zero attached hydrogens (tertiary/aromatic N) is 8. The Bertz CT molecular complexity index is 1040. The van der Waals surface area contributed by atoms with Gasteiger partial charge in [0, 0.05) is 32.4 Å². The maximum atomic E-state index is 14.5. The van der Waals surface area contributed by atoms with Crippen molar-refractivity contribution in [3.8, 4) is 0 Å². The molecule has 0 saturated carbocycles. The molecule has 0 aliphatic carbocycles. The van der Waals surface area contributed by atoms with Crippen LogP contribution in [-0.4, -0.2) is 55.8 Å². The summed E-state index contributed by atoms with van der Waals surface area (Å²) in [4.78, 5) is 24.9. The number of hydrogen-bond donors (Lipinski definition) is 1. The molecule has 3 aromatic rings. The number of aromatic nitrogens is 6. The van der Waals surface area contributed by atoms with Gasteiger partial charge in [0.1, 0.15) is 11.6 Å². The van der Waals surface area contributed by atoms with Crippen LogP contribution >= 0.6 is 0 Å². The highest BCUT2D eigenvalue weighted by Gasteiger charge is 2.28. The minimum absolute atomic E-state index is 0.0159. The average Bonchev–Trinajstić information content (AvgIpc) is 3.14. The SMILES string of the molecule is C[C@@H](c1ncc(F)cc1F)N(c1cn(C)cn1)c1nc(N)nc(N2CCOCC2)n1. The number of imidazole rings is 1. The van der Waals surface area contributed by atoms with E-state index in [0.29, 0.717) is 38.1 Å². The summed E-state index contributed by atoms with van der Waals surface area (Å²) < 4.78 is 35.0. The maximum Gasteiger partial charge on any atom is 0.238 e. The number of anilines is 4. The Morgan fingerprint density at radius 1 is 1.17 bits per heavy atom. The Hall–Kier alpha value is -3.41. The van der Waals surface area contributed by atoms with Crippen LogP contribution in [0.1, 0.15) is 18.7 Å². The lowest BCUT2D eigenvalue weighted by Crippen LogP contribution is -2.38. The second kappa shape index (κ2) is 8.14. The third-order valence-electron chi connectivity index (χ3n) is 4.70. The molecule has 3 aromatic heterocycles. The molecule has 4 heterocycles. The summed E-state index contributed by atoms with van der Waals surface area (Å²) in [5.74, 6) is -0.496. The largest absolute Gasteiger partial charge is 0.378 e. The van der Waals surface area contributed by atoms with E-state index in [2.05, 4.69) is 24.9 Å². The minimum Gasteiger partial charge on any atom is -0.378 e. The van der Waals surface area contributed by atoms with Crippen LogP contribution in [0.25, 0.3) is 0 Å². The molecule has 1 atom stereocenters. The van der Waals surface area contributed by atoms with Gasteiger partial charge >= 0.3 is 0 Å². The van der Waals surface area contributed by atoms with Crippen molar-refractivity contribution in [2.45, 2.75) is 13.0 Å². The number of aryl methyl sites for hydroxylation is 1. The molecular formula is C18H21F2N9O. The van der Waals surface area contributed by atoms with Gasteiger partial charge < -0.3 is 19.9 Å². The van der Waals surface area contributed by atoms with E-state index in [1.54, 1.807) is 36.0 Å². The van der Waals surface area contributed by atoms with Gasteiger partial charge in [-0.1, -0.05) is 0 Å². The molecule has 1 saturated heterocycles. The Labute approximate surface area is 171 Å². The summed E-state index contributed by atoms with van der Waals surface area (Å²) in [7, 11) is 1.80. The lowest BCUT2D eigenvalue weighted by molar-refractivity contribution is 0.122. The molecule has 1 fully saturated rings. The lowest BCUT2D eigenvalue weighted by atomic mass is 10.1. The van der Waals surface area contributed by atoms with Crippen molar-refractivity contribution in [2.75, 3.05) is 41.8 Å². The zero-order chi connectivity index (χ0) is 21.3.